The average Bonchev–Trinajstić information content (AvgIpc) is 3.41. The number of methoxy groups -OCH3 is 1. The van der Waals surface area contributed by atoms with E-state index in [1.165, 1.54) is 12.2 Å². The van der Waals surface area contributed by atoms with Gasteiger partial charge in [0, 0.05) is 25.2 Å². The molecule has 1 atom stereocenters. The molecule has 1 saturated heterocycles. The van der Waals surface area contributed by atoms with Gasteiger partial charge in [0.15, 0.2) is 0 Å². The number of thioether (sulfide) groups is 1. The lowest BCUT2D eigenvalue weighted by Crippen LogP contribution is -2.43. The Bertz CT molecular complexity index is 986. The molecule has 1 aliphatic rings. The molecule has 1 N–H and O–H groups in total. The predicted octanol–water partition coefficient (Wildman–Crippen LogP) is 4.33. The number of fused-ring (bicyclic) bond motifs is 1. The zero-order chi connectivity index (χ0) is 22.3. The number of imidazole rings is 1. The van der Waals surface area contributed by atoms with Gasteiger partial charge < -0.3 is 15.0 Å². The highest BCUT2D eigenvalue weighted by Crippen LogP contribution is 2.30. The Hall–Kier alpha value is -2.26. The van der Waals surface area contributed by atoms with Gasteiger partial charge in [-0.25, -0.2) is 9.50 Å². The van der Waals surface area contributed by atoms with Crippen LogP contribution in [-0.2, 0) is 4.79 Å². The van der Waals surface area contributed by atoms with Gasteiger partial charge in [0.2, 0.25) is 16.0 Å². The molecule has 0 aliphatic carbocycles. The largest absolute Gasteiger partial charge is 0.497 e. The van der Waals surface area contributed by atoms with Crippen LogP contribution in [0.3, 0.4) is 0 Å². The van der Waals surface area contributed by atoms with Crippen molar-refractivity contribution in [3.63, 3.8) is 0 Å². The van der Waals surface area contributed by atoms with Gasteiger partial charge in [-0.15, -0.1) is 5.10 Å². The third-order valence-electron chi connectivity index (χ3n) is 5.59. The second-order valence-corrected chi connectivity index (χ2v) is 10.2. The second kappa shape index (κ2) is 11.0. The number of nitrogens with zero attached hydrogens (tertiary/aromatic N) is 4. The number of carbonyl (C=O) groups is 1. The molecule has 0 saturated carbocycles. The molecule has 0 bridgehead atoms. The van der Waals surface area contributed by atoms with Crippen LogP contribution in [0.4, 0.5) is 5.13 Å². The lowest BCUT2D eigenvalue weighted by molar-refractivity contribution is -0.125. The fourth-order valence-electron chi connectivity index (χ4n) is 3.86. The van der Waals surface area contributed by atoms with Crippen LogP contribution < -0.4 is 15.0 Å². The quantitative estimate of drug-likeness (QED) is 0.442. The van der Waals surface area contributed by atoms with Gasteiger partial charge in [0.05, 0.1) is 24.9 Å². The summed E-state index contributed by atoms with van der Waals surface area (Å²) in [7, 11) is 1.66. The van der Waals surface area contributed by atoms with Crippen molar-refractivity contribution >= 4 is 39.1 Å². The maximum Gasteiger partial charge on any atom is 0.224 e. The Morgan fingerprint density at radius 3 is 2.91 bits per heavy atom. The van der Waals surface area contributed by atoms with Crippen molar-refractivity contribution in [1.29, 1.82) is 0 Å². The Morgan fingerprint density at radius 2 is 2.16 bits per heavy atom. The molecule has 7 nitrogen and oxygen atoms in total. The number of nitrogens with one attached hydrogen (secondary N) is 1. The highest BCUT2D eigenvalue weighted by molar-refractivity contribution is 7.99. The molecule has 1 aromatic carbocycles. The summed E-state index contributed by atoms with van der Waals surface area (Å²) in [6.45, 7) is 4.62. The minimum absolute atomic E-state index is 0.0260. The zero-order valence-corrected chi connectivity index (χ0v) is 20.4. The van der Waals surface area contributed by atoms with Gasteiger partial charge in [-0.2, -0.15) is 11.8 Å². The monoisotopic (exact) mass is 473 g/mol. The van der Waals surface area contributed by atoms with Crippen LogP contribution in [0.1, 0.15) is 32.6 Å². The van der Waals surface area contributed by atoms with E-state index in [0.29, 0.717) is 0 Å². The Balaban J connectivity index is 1.34. The molecule has 32 heavy (non-hydrogen) atoms. The summed E-state index contributed by atoms with van der Waals surface area (Å²) in [5.41, 5.74) is 1.93. The van der Waals surface area contributed by atoms with E-state index in [4.69, 9.17) is 14.8 Å². The van der Waals surface area contributed by atoms with Gasteiger partial charge in [-0.1, -0.05) is 18.3 Å². The molecule has 1 fully saturated rings. The van der Waals surface area contributed by atoms with E-state index in [1.54, 1.807) is 18.4 Å². The number of anilines is 1. The summed E-state index contributed by atoms with van der Waals surface area (Å²) in [6, 6.07) is 7.88. The van der Waals surface area contributed by atoms with Crippen molar-refractivity contribution < 1.29 is 9.53 Å². The topological polar surface area (TPSA) is 71.8 Å². The number of amides is 1. The van der Waals surface area contributed by atoms with Gasteiger partial charge in [0.1, 0.15) is 5.75 Å². The number of carbonyl (C=O) groups excluding carboxylic acids is 1. The van der Waals surface area contributed by atoms with Crippen molar-refractivity contribution in [2.45, 2.75) is 32.6 Å². The summed E-state index contributed by atoms with van der Waals surface area (Å²) in [5, 5.41) is 8.82. The van der Waals surface area contributed by atoms with Crippen LogP contribution in [0.15, 0.2) is 30.5 Å². The van der Waals surface area contributed by atoms with Gasteiger partial charge >= 0.3 is 0 Å². The molecule has 3 aromatic rings. The number of hydrogen-bond donors (Lipinski definition) is 1. The molecular weight excluding hydrogens is 442 g/mol. The molecule has 172 valence electrons. The van der Waals surface area contributed by atoms with Crippen LogP contribution in [0.2, 0.25) is 0 Å². The van der Waals surface area contributed by atoms with Crippen molar-refractivity contribution in [3.05, 3.63) is 30.5 Å². The lowest BCUT2D eigenvalue weighted by atomic mass is 9.97. The maximum absolute atomic E-state index is 12.6. The SMILES string of the molecule is CCCSCCCNC(=O)[C@H]1CCCN(c2nn3cc(-c4ccc(OC)cc4)nc3s2)C1. The first kappa shape index (κ1) is 22.9. The van der Waals surface area contributed by atoms with E-state index < -0.39 is 0 Å². The minimum atomic E-state index is 0.0260. The maximum atomic E-state index is 12.6. The van der Waals surface area contributed by atoms with Crippen LogP contribution in [0.5, 0.6) is 5.75 Å². The third-order valence-corrected chi connectivity index (χ3v) is 7.85. The Kier molecular flexibility index (Phi) is 7.91. The lowest BCUT2D eigenvalue weighted by Gasteiger charge is -2.31. The van der Waals surface area contributed by atoms with Gasteiger partial charge in [-0.05, 0) is 61.5 Å². The molecule has 9 heteroatoms. The number of benzene rings is 1. The molecule has 4 rings (SSSR count). The summed E-state index contributed by atoms with van der Waals surface area (Å²) >= 11 is 3.54. The Labute approximate surface area is 197 Å². The van der Waals surface area contributed by atoms with E-state index in [2.05, 4.69) is 17.1 Å². The molecule has 0 radical (unpaired) electrons. The van der Waals surface area contributed by atoms with E-state index in [0.717, 1.165) is 71.7 Å². The van der Waals surface area contributed by atoms with Crippen molar-refractivity contribution in [3.8, 4) is 17.0 Å². The first-order valence-electron chi connectivity index (χ1n) is 11.3. The summed E-state index contributed by atoms with van der Waals surface area (Å²) in [5.74, 6) is 3.35. The van der Waals surface area contributed by atoms with E-state index in [-0.39, 0.29) is 11.8 Å². The number of aromatic nitrogens is 3. The molecule has 0 unspecified atom stereocenters. The molecule has 2 aromatic heterocycles. The normalized spacial score (nSPS) is 16.4. The highest BCUT2D eigenvalue weighted by atomic mass is 32.2. The van der Waals surface area contributed by atoms with Crippen LogP contribution >= 0.6 is 23.1 Å². The van der Waals surface area contributed by atoms with E-state index >= 15 is 0 Å². The number of ether oxygens (including phenoxy) is 1. The highest BCUT2D eigenvalue weighted by Gasteiger charge is 2.27. The first-order chi connectivity index (χ1) is 15.7. The molecular formula is C23H31N5O2S2. The van der Waals surface area contributed by atoms with E-state index in [1.807, 2.05) is 46.7 Å². The van der Waals surface area contributed by atoms with Crippen LogP contribution in [-0.4, -0.2) is 58.8 Å². The smallest absolute Gasteiger partial charge is 0.224 e. The fraction of sp³-hybridized carbons (Fsp3) is 0.522. The van der Waals surface area contributed by atoms with Crippen molar-refractivity contribution in [2.24, 2.45) is 5.92 Å². The van der Waals surface area contributed by atoms with E-state index in [9.17, 15) is 4.79 Å². The molecule has 1 amide bonds. The first-order valence-corrected chi connectivity index (χ1v) is 13.3. The third kappa shape index (κ3) is 5.56. The average molecular weight is 474 g/mol. The summed E-state index contributed by atoms with van der Waals surface area (Å²) < 4.78 is 7.07. The van der Waals surface area contributed by atoms with Crippen molar-refractivity contribution in [1.82, 2.24) is 19.9 Å². The molecule has 3 heterocycles. The van der Waals surface area contributed by atoms with Crippen LogP contribution in [0.25, 0.3) is 16.2 Å². The zero-order valence-electron chi connectivity index (χ0n) is 18.7. The summed E-state index contributed by atoms with van der Waals surface area (Å²) in [6.07, 6.45) is 6.15. The number of piperidine rings is 1. The Morgan fingerprint density at radius 1 is 1.31 bits per heavy atom. The van der Waals surface area contributed by atoms with Crippen molar-refractivity contribution in [2.75, 3.05) is 43.1 Å². The van der Waals surface area contributed by atoms with Crippen LogP contribution in [0, 0.1) is 5.92 Å². The predicted molar refractivity (Wildman–Crippen MR) is 133 cm³/mol. The molecule has 1 aliphatic heterocycles. The van der Waals surface area contributed by atoms with Gasteiger partial charge in [-0.3, -0.25) is 4.79 Å². The second-order valence-electron chi connectivity index (χ2n) is 8.01. The number of hydrogen-bond acceptors (Lipinski definition) is 7. The minimum Gasteiger partial charge on any atom is -0.497 e. The van der Waals surface area contributed by atoms with Gasteiger partial charge in [0.25, 0.3) is 0 Å². The number of rotatable bonds is 10. The standard InChI is InChI=1S/C23H31N5O2S2/c1-3-13-31-14-5-11-24-21(29)18-6-4-12-27(15-18)23-26-28-16-20(25-22(28)32-23)17-7-9-19(30-2)10-8-17/h7-10,16,18H,3-6,11-15H2,1-2H3,(H,24,29)/t18-/m0/s1. The molecule has 0 spiro atoms. The fourth-order valence-corrected chi connectivity index (χ4v) is 5.62. The summed E-state index contributed by atoms with van der Waals surface area (Å²) in [4.78, 5) is 20.5.